The predicted octanol–water partition coefficient (Wildman–Crippen LogP) is 2.65. The fourth-order valence-electron chi connectivity index (χ4n) is 3.32. The maximum atomic E-state index is 13.2. The third kappa shape index (κ3) is 6.55. The number of nitrogens with one attached hydrogen (secondary N) is 2. The second-order valence-corrected chi connectivity index (χ2v) is 8.24. The number of rotatable bonds is 11. The Labute approximate surface area is 183 Å². The van der Waals surface area contributed by atoms with Gasteiger partial charge in [0.2, 0.25) is 5.91 Å². The quantitative estimate of drug-likeness (QED) is 0.508. The molecule has 8 heteroatoms. The van der Waals surface area contributed by atoms with Crippen LogP contribution in [0.4, 0.5) is 11.5 Å². The monoisotopic (exact) mass is 429 g/mol. The molecule has 1 atom stereocenters. The molecule has 31 heavy (non-hydrogen) atoms. The van der Waals surface area contributed by atoms with Crippen LogP contribution < -0.4 is 27.2 Å². The molecule has 0 aliphatic heterocycles. The molecule has 4 N–H and O–H groups in total. The third-order valence-corrected chi connectivity index (χ3v) is 5.31. The van der Waals surface area contributed by atoms with E-state index in [-0.39, 0.29) is 30.0 Å². The minimum Gasteiger partial charge on any atom is -0.383 e. The van der Waals surface area contributed by atoms with E-state index in [1.807, 2.05) is 58.0 Å². The molecule has 1 amide bonds. The van der Waals surface area contributed by atoms with Crippen molar-refractivity contribution in [3.63, 3.8) is 0 Å². The van der Waals surface area contributed by atoms with Crippen LogP contribution in [0.1, 0.15) is 58.6 Å². The Morgan fingerprint density at radius 3 is 2.48 bits per heavy atom. The SMILES string of the molecule is CCCCn1c(N)c(N(CCC(C)C)C(=O)CN[C@H](C)c2ccccc2)c(=O)[nH]c1=O. The molecule has 0 saturated carbocycles. The van der Waals surface area contributed by atoms with Crippen molar-refractivity contribution in [2.24, 2.45) is 5.92 Å². The summed E-state index contributed by atoms with van der Waals surface area (Å²) in [6, 6.07) is 9.79. The molecule has 1 aromatic carbocycles. The Kier molecular flexibility index (Phi) is 9.05. The van der Waals surface area contributed by atoms with Gasteiger partial charge < -0.3 is 16.0 Å². The summed E-state index contributed by atoms with van der Waals surface area (Å²) < 4.78 is 1.34. The minimum absolute atomic E-state index is 0.0359. The zero-order valence-electron chi connectivity index (χ0n) is 19.0. The highest BCUT2D eigenvalue weighted by molar-refractivity contribution is 5.96. The second kappa shape index (κ2) is 11.5. The molecular formula is C23H35N5O3. The van der Waals surface area contributed by atoms with E-state index in [1.165, 1.54) is 9.47 Å². The topological polar surface area (TPSA) is 113 Å². The van der Waals surface area contributed by atoms with Crippen LogP contribution in [0.25, 0.3) is 0 Å². The molecule has 0 aliphatic rings. The highest BCUT2D eigenvalue weighted by atomic mass is 16.2. The van der Waals surface area contributed by atoms with E-state index in [2.05, 4.69) is 10.3 Å². The molecule has 0 fully saturated rings. The van der Waals surface area contributed by atoms with Gasteiger partial charge in [-0.1, -0.05) is 57.5 Å². The van der Waals surface area contributed by atoms with Crippen molar-refractivity contribution in [2.45, 2.75) is 59.5 Å². The summed E-state index contributed by atoms with van der Waals surface area (Å²) in [5.74, 6) is 0.106. The number of nitrogens with two attached hydrogens (primary N) is 1. The first-order valence-corrected chi connectivity index (χ1v) is 11.0. The van der Waals surface area contributed by atoms with Gasteiger partial charge in [-0.3, -0.25) is 19.1 Å². The number of amides is 1. The maximum absolute atomic E-state index is 13.2. The van der Waals surface area contributed by atoms with Crippen molar-refractivity contribution in [2.75, 3.05) is 23.7 Å². The fraction of sp³-hybridized carbons (Fsp3) is 0.522. The van der Waals surface area contributed by atoms with E-state index < -0.39 is 11.2 Å². The lowest BCUT2D eigenvalue weighted by atomic mass is 10.1. The first kappa shape index (κ1) is 24.4. The van der Waals surface area contributed by atoms with Crippen LogP contribution in [-0.2, 0) is 11.3 Å². The summed E-state index contributed by atoms with van der Waals surface area (Å²) in [4.78, 5) is 41.9. The number of nitrogen functional groups attached to an aromatic ring is 1. The van der Waals surface area contributed by atoms with Gasteiger partial charge in [0.15, 0.2) is 5.69 Å². The van der Waals surface area contributed by atoms with Crippen LogP contribution in [0.15, 0.2) is 39.9 Å². The van der Waals surface area contributed by atoms with E-state index in [9.17, 15) is 14.4 Å². The number of carbonyl (C=O) groups is 1. The number of nitrogens with zero attached hydrogens (tertiary/aromatic N) is 2. The molecule has 0 radical (unpaired) electrons. The van der Waals surface area contributed by atoms with E-state index in [1.54, 1.807) is 0 Å². The van der Waals surface area contributed by atoms with Crippen molar-refractivity contribution in [3.05, 3.63) is 56.7 Å². The molecular weight excluding hydrogens is 394 g/mol. The first-order valence-electron chi connectivity index (χ1n) is 11.0. The van der Waals surface area contributed by atoms with E-state index in [0.29, 0.717) is 25.4 Å². The van der Waals surface area contributed by atoms with Gasteiger partial charge in [0, 0.05) is 19.1 Å². The summed E-state index contributed by atoms with van der Waals surface area (Å²) in [5.41, 5.74) is 6.18. The molecule has 0 aliphatic carbocycles. The molecule has 0 unspecified atom stereocenters. The van der Waals surface area contributed by atoms with Crippen molar-refractivity contribution in [1.29, 1.82) is 0 Å². The molecule has 170 valence electrons. The molecule has 2 rings (SSSR count). The number of hydrogen-bond acceptors (Lipinski definition) is 5. The summed E-state index contributed by atoms with van der Waals surface area (Å²) in [6.45, 7) is 8.86. The minimum atomic E-state index is -0.636. The fourth-order valence-corrected chi connectivity index (χ4v) is 3.32. The number of carbonyl (C=O) groups excluding carboxylic acids is 1. The summed E-state index contributed by atoms with van der Waals surface area (Å²) in [7, 11) is 0. The summed E-state index contributed by atoms with van der Waals surface area (Å²) in [6.07, 6.45) is 2.32. The van der Waals surface area contributed by atoms with Gasteiger partial charge in [-0.15, -0.1) is 0 Å². The van der Waals surface area contributed by atoms with Gasteiger partial charge in [0.25, 0.3) is 5.56 Å². The molecule has 1 aromatic heterocycles. The first-order chi connectivity index (χ1) is 14.8. The van der Waals surface area contributed by atoms with Crippen LogP contribution in [-0.4, -0.2) is 28.5 Å². The Balaban J connectivity index is 2.32. The van der Waals surface area contributed by atoms with Gasteiger partial charge in [-0.05, 0) is 31.2 Å². The molecule has 8 nitrogen and oxygen atoms in total. The molecule has 2 aromatic rings. The Morgan fingerprint density at radius 2 is 1.87 bits per heavy atom. The lowest BCUT2D eigenvalue weighted by molar-refractivity contribution is -0.118. The standard InChI is InChI=1S/C23H35N5O3/c1-5-6-13-28-21(24)20(22(30)26-23(28)31)27(14-12-16(2)3)19(29)15-25-17(4)18-10-8-7-9-11-18/h7-11,16-17,25H,5-6,12-15,24H2,1-4H3,(H,26,30,31)/t17-/m1/s1. The number of unbranched alkanes of at least 4 members (excludes halogenated alkanes) is 1. The van der Waals surface area contributed by atoms with E-state index in [0.717, 1.165) is 18.4 Å². The lowest BCUT2D eigenvalue weighted by Gasteiger charge is -2.26. The van der Waals surface area contributed by atoms with Crippen LogP contribution in [0.3, 0.4) is 0 Å². The summed E-state index contributed by atoms with van der Waals surface area (Å²) >= 11 is 0. The Hall–Kier alpha value is -2.87. The van der Waals surface area contributed by atoms with Crippen molar-refractivity contribution in [1.82, 2.24) is 14.9 Å². The van der Waals surface area contributed by atoms with E-state index >= 15 is 0 Å². The number of anilines is 2. The molecule has 0 saturated heterocycles. The van der Waals surface area contributed by atoms with Gasteiger partial charge in [-0.25, -0.2) is 4.79 Å². The third-order valence-electron chi connectivity index (χ3n) is 5.31. The average molecular weight is 430 g/mol. The molecule has 1 heterocycles. The number of benzene rings is 1. The van der Waals surface area contributed by atoms with Crippen molar-refractivity contribution in [3.8, 4) is 0 Å². The number of aromatic amines is 1. The average Bonchev–Trinajstić information content (AvgIpc) is 2.74. The highest BCUT2D eigenvalue weighted by Crippen LogP contribution is 2.19. The number of aromatic nitrogens is 2. The Morgan fingerprint density at radius 1 is 1.19 bits per heavy atom. The van der Waals surface area contributed by atoms with E-state index in [4.69, 9.17) is 5.73 Å². The molecule has 0 bridgehead atoms. The summed E-state index contributed by atoms with van der Waals surface area (Å²) in [5, 5.41) is 3.22. The van der Waals surface area contributed by atoms with Crippen molar-refractivity contribution < 1.29 is 4.79 Å². The largest absolute Gasteiger partial charge is 0.383 e. The predicted molar refractivity (Wildman–Crippen MR) is 125 cm³/mol. The Bertz CT molecular complexity index is 965. The van der Waals surface area contributed by atoms with Gasteiger partial charge in [-0.2, -0.15) is 0 Å². The van der Waals surface area contributed by atoms with Gasteiger partial charge in [0.05, 0.1) is 6.54 Å². The second-order valence-electron chi connectivity index (χ2n) is 8.24. The zero-order chi connectivity index (χ0) is 23.0. The number of H-pyrrole nitrogens is 1. The van der Waals surface area contributed by atoms with Crippen LogP contribution in [0.5, 0.6) is 0 Å². The number of hydrogen-bond donors (Lipinski definition) is 3. The molecule has 0 spiro atoms. The zero-order valence-corrected chi connectivity index (χ0v) is 19.0. The van der Waals surface area contributed by atoms with Gasteiger partial charge in [0.1, 0.15) is 5.82 Å². The van der Waals surface area contributed by atoms with Crippen LogP contribution in [0, 0.1) is 5.92 Å². The lowest BCUT2D eigenvalue weighted by Crippen LogP contribution is -2.45. The highest BCUT2D eigenvalue weighted by Gasteiger charge is 2.24. The normalized spacial score (nSPS) is 12.2. The smallest absolute Gasteiger partial charge is 0.330 e. The van der Waals surface area contributed by atoms with Gasteiger partial charge >= 0.3 is 5.69 Å². The maximum Gasteiger partial charge on any atom is 0.330 e. The van der Waals surface area contributed by atoms with Crippen molar-refractivity contribution >= 4 is 17.4 Å². The van der Waals surface area contributed by atoms with Crippen LogP contribution in [0.2, 0.25) is 0 Å². The van der Waals surface area contributed by atoms with Crippen LogP contribution >= 0.6 is 0 Å².